The third-order valence-electron chi connectivity index (χ3n) is 2.51. The fourth-order valence-corrected chi connectivity index (χ4v) is 1.53. The van der Waals surface area contributed by atoms with E-state index in [1.54, 1.807) is 19.1 Å². The summed E-state index contributed by atoms with van der Waals surface area (Å²) >= 11 is 0. The molecule has 1 unspecified atom stereocenters. The molecule has 1 aromatic carbocycles. The third-order valence-corrected chi connectivity index (χ3v) is 2.51. The third kappa shape index (κ3) is 3.23. The Kier molecular flexibility index (Phi) is 4.71. The minimum absolute atomic E-state index is 0.397. The normalized spacial score (nSPS) is 11.6. The summed E-state index contributed by atoms with van der Waals surface area (Å²) in [5, 5.41) is 2.93. The van der Waals surface area contributed by atoms with Crippen molar-refractivity contribution in [2.75, 3.05) is 19.5 Å². The lowest BCUT2D eigenvalue weighted by Crippen LogP contribution is -2.28. The molecule has 0 bridgehead atoms. The van der Waals surface area contributed by atoms with Gasteiger partial charge in [0.25, 0.3) is 0 Å². The number of anilines is 1. The van der Waals surface area contributed by atoms with Gasteiger partial charge in [-0.2, -0.15) is 0 Å². The number of aryl methyl sites for hydroxylation is 1. The van der Waals surface area contributed by atoms with E-state index in [0.717, 1.165) is 5.56 Å². The molecule has 5 nitrogen and oxygen atoms in total. The predicted octanol–water partition coefficient (Wildman–Crippen LogP) is 1.76. The van der Waals surface area contributed by atoms with Crippen LogP contribution in [-0.2, 0) is 14.3 Å². The van der Waals surface area contributed by atoms with Gasteiger partial charge in [-0.15, -0.1) is 0 Å². The molecule has 0 aromatic heterocycles. The Balaban J connectivity index is 3.01. The Hall–Kier alpha value is -2.04. The van der Waals surface area contributed by atoms with E-state index in [9.17, 15) is 9.59 Å². The number of methoxy groups -OCH3 is 2. The van der Waals surface area contributed by atoms with Gasteiger partial charge in [-0.3, -0.25) is 0 Å². The van der Waals surface area contributed by atoms with Crippen LogP contribution in [0.25, 0.3) is 0 Å². The smallest absolute Gasteiger partial charge is 0.339 e. The predicted molar refractivity (Wildman–Crippen MR) is 67.6 cm³/mol. The monoisotopic (exact) mass is 251 g/mol. The Bertz CT molecular complexity index is 456. The van der Waals surface area contributed by atoms with Gasteiger partial charge in [0.1, 0.15) is 6.04 Å². The van der Waals surface area contributed by atoms with Gasteiger partial charge in [0.2, 0.25) is 0 Å². The topological polar surface area (TPSA) is 64.6 Å². The molecule has 98 valence electrons. The molecular weight excluding hydrogens is 234 g/mol. The Morgan fingerprint density at radius 1 is 1.22 bits per heavy atom. The first-order chi connectivity index (χ1) is 8.49. The van der Waals surface area contributed by atoms with Gasteiger partial charge in [0.15, 0.2) is 0 Å². The highest BCUT2D eigenvalue weighted by Gasteiger charge is 2.17. The van der Waals surface area contributed by atoms with Crippen molar-refractivity contribution >= 4 is 17.6 Å². The van der Waals surface area contributed by atoms with E-state index >= 15 is 0 Å². The second-order valence-electron chi connectivity index (χ2n) is 3.93. The molecule has 18 heavy (non-hydrogen) atoms. The number of esters is 2. The van der Waals surface area contributed by atoms with Crippen molar-refractivity contribution < 1.29 is 19.1 Å². The van der Waals surface area contributed by atoms with E-state index in [4.69, 9.17) is 4.74 Å². The molecule has 5 heteroatoms. The largest absolute Gasteiger partial charge is 0.467 e. The highest BCUT2D eigenvalue weighted by molar-refractivity contribution is 5.96. The maximum absolute atomic E-state index is 11.6. The summed E-state index contributed by atoms with van der Waals surface area (Å²) in [6, 6.07) is 4.75. The van der Waals surface area contributed by atoms with Crippen molar-refractivity contribution in [3.63, 3.8) is 0 Å². The summed E-state index contributed by atoms with van der Waals surface area (Å²) in [5.74, 6) is -0.843. The number of hydrogen-bond acceptors (Lipinski definition) is 5. The van der Waals surface area contributed by atoms with Crippen LogP contribution < -0.4 is 5.32 Å². The molecule has 1 N–H and O–H groups in total. The van der Waals surface area contributed by atoms with Crippen LogP contribution in [0.4, 0.5) is 5.69 Å². The van der Waals surface area contributed by atoms with E-state index < -0.39 is 18.0 Å². The molecule has 1 atom stereocenters. The van der Waals surface area contributed by atoms with E-state index in [2.05, 4.69) is 10.1 Å². The molecule has 0 aliphatic rings. The quantitative estimate of drug-likeness (QED) is 0.826. The van der Waals surface area contributed by atoms with Crippen LogP contribution in [0.2, 0.25) is 0 Å². The van der Waals surface area contributed by atoms with Crippen molar-refractivity contribution in [1.29, 1.82) is 0 Å². The summed E-state index contributed by atoms with van der Waals surface area (Å²) in [4.78, 5) is 23.0. The molecule has 0 aliphatic heterocycles. The molecule has 0 saturated heterocycles. The molecule has 0 aliphatic carbocycles. The molecule has 0 radical (unpaired) electrons. The molecular formula is C13H17NO4. The molecule has 0 heterocycles. The first-order valence-electron chi connectivity index (χ1n) is 5.53. The maximum Gasteiger partial charge on any atom is 0.339 e. The van der Waals surface area contributed by atoms with Gasteiger partial charge in [-0.25, -0.2) is 9.59 Å². The summed E-state index contributed by atoms with van der Waals surface area (Å²) in [7, 11) is 2.63. The highest BCUT2D eigenvalue weighted by Crippen LogP contribution is 2.19. The van der Waals surface area contributed by atoms with Gasteiger partial charge in [-0.1, -0.05) is 11.6 Å². The minimum atomic E-state index is -0.541. The van der Waals surface area contributed by atoms with Crippen molar-refractivity contribution in [3.8, 4) is 0 Å². The number of carbonyl (C=O) groups excluding carboxylic acids is 2. The Morgan fingerprint density at radius 2 is 1.89 bits per heavy atom. The minimum Gasteiger partial charge on any atom is -0.467 e. The maximum atomic E-state index is 11.6. The second-order valence-corrected chi connectivity index (χ2v) is 3.93. The van der Waals surface area contributed by atoms with Crippen LogP contribution in [0.3, 0.4) is 0 Å². The second kappa shape index (κ2) is 6.05. The fourth-order valence-electron chi connectivity index (χ4n) is 1.53. The summed E-state index contributed by atoms with van der Waals surface area (Å²) in [6.45, 7) is 3.53. The molecule has 1 rings (SSSR count). The summed E-state index contributed by atoms with van der Waals surface area (Å²) in [6.07, 6.45) is 0. The molecule has 0 saturated carbocycles. The van der Waals surface area contributed by atoms with Gasteiger partial charge >= 0.3 is 11.9 Å². The molecule has 0 amide bonds. The van der Waals surface area contributed by atoms with Crippen molar-refractivity contribution in [3.05, 3.63) is 29.3 Å². The molecule has 0 fully saturated rings. The summed E-state index contributed by atoms with van der Waals surface area (Å²) in [5.41, 5.74) is 1.88. The highest BCUT2D eigenvalue weighted by atomic mass is 16.5. The fraction of sp³-hybridized carbons (Fsp3) is 0.385. The number of benzene rings is 1. The van der Waals surface area contributed by atoms with Crippen molar-refractivity contribution in [2.24, 2.45) is 0 Å². The lowest BCUT2D eigenvalue weighted by molar-refractivity contribution is -0.141. The molecule has 0 spiro atoms. The van der Waals surface area contributed by atoms with Crippen molar-refractivity contribution in [1.82, 2.24) is 0 Å². The lowest BCUT2D eigenvalue weighted by Gasteiger charge is -2.15. The number of ether oxygens (including phenoxy) is 2. The van der Waals surface area contributed by atoms with Gasteiger partial charge in [-0.05, 0) is 26.0 Å². The zero-order valence-corrected chi connectivity index (χ0v) is 10.9. The number of hydrogen-bond donors (Lipinski definition) is 1. The number of rotatable bonds is 4. The standard InChI is InChI=1S/C13H17NO4/c1-8-5-6-11(10(7-8)13(16)18-4)14-9(2)12(15)17-3/h5-7,9,14H,1-4H3. The average Bonchev–Trinajstić information content (AvgIpc) is 2.38. The Labute approximate surface area is 106 Å². The zero-order chi connectivity index (χ0) is 13.7. The Morgan fingerprint density at radius 3 is 2.44 bits per heavy atom. The van der Waals surface area contributed by atoms with Gasteiger partial charge in [0, 0.05) is 5.69 Å². The van der Waals surface area contributed by atoms with E-state index in [1.165, 1.54) is 14.2 Å². The van der Waals surface area contributed by atoms with Crippen molar-refractivity contribution in [2.45, 2.75) is 19.9 Å². The van der Waals surface area contributed by atoms with Crippen LogP contribution in [0.15, 0.2) is 18.2 Å². The summed E-state index contributed by atoms with van der Waals surface area (Å²) < 4.78 is 9.32. The first kappa shape index (κ1) is 14.0. The van der Waals surface area contributed by atoms with Gasteiger partial charge in [0.05, 0.1) is 19.8 Å². The van der Waals surface area contributed by atoms with Crippen LogP contribution in [0, 0.1) is 6.92 Å². The zero-order valence-electron chi connectivity index (χ0n) is 10.9. The van der Waals surface area contributed by atoms with E-state index in [1.807, 2.05) is 13.0 Å². The van der Waals surface area contributed by atoms with E-state index in [-0.39, 0.29) is 0 Å². The van der Waals surface area contributed by atoms with Gasteiger partial charge < -0.3 is 14.8 Å². The first-order valence-corrected chi connectivity index (χ1v) is 5.53. The van der Waals surface area contributed by atoms with Crippen LogP contribution in [0.5, 0.6) is 0 Å². The molecule has 1 aromatic rings. The number of carbonyl (C=O) groups is 2. The average molecular weight is 251 g/mol. The van der Waals surface area contributed by atoms with Crippen LogP contribution >= 0.6 is 0 Å². The van der Waals surface area contributed by atoms with E-state index in [0.29, 0.717) is 11.3 Å². The van der Waals surface area contributed by atoms with Crippen LogP contribution in [-0.4, -0.2) is 32.2 Å². The SMILES string of the molecule is COC(=O)c1cc(C)ccc1NC(C)C(=O)OC. The lowest BCUT2D eigenvalue weighted by atomic mass is 10.1. The van der Waals surface area contributed by atoms with Crippen LogP contribution in [0.1, 0.15) is 22.8 Å². The number of nitrogens with one attached hydrogen (secondary N) is 1.